The van der Waals surface area contributed by atoms with E-state index in [0.717, 1.165) is 57.8 Å². The van der Waals surface area contributed by atoms with Gasteiger partial charge in [-0.3, -0.25) is 9.59 Å². The number of rotatable bonds is 8. The smallest absolute Gasteiger partial charge is 0.255 e. The molecule has 0 aromatic carbocycles. The van der Waals surface area contributed by atoms with Crippen LogP contribution in [0.25, 0.3) is 0 Å². The number of piperidine rings is 1. The van der Waals surface area contributed by atoms with Crippen LogP contribution in [-0.2, 0) is 9.59 Å². The summed E-state index contributed by atoms with van der Waals surface area (Å²) in [4.78, 5) is 28.7. The quantitative estimate of drug-likeness (QED) is 0.632. The van der Waals surface area contributed by atoms with Gasteiger partial charge in [0.2, 0.25) is 5.91 Å². The van der Waals surface area contributed by atoms with E-state index in [2.05, 4.69) is 5.32 Å². The summed E-state index contributed by atoms with van der Waals surface area (Å²) >= 11 is 0. The van der Waals surface area contributed by atoms with Crippen LogP contribution in [0.1, 0.15) is 70.6 Å². The van der Waals surface area contributed by atoms with Crippen LogP contribution in [0.15, 0.2) is 0 Å². The number of aliphatic hydroxyl groups is 1. The average Bonchev–Trinajstić information content (AvgIpc) is 3.22. The first-order valence-corrected chi connectivity index (χ1v) is 11.1. The van der Waals surface area contributed by atoms with Gasteiger partial charge in [0.1, 0.15) is 0 Å². The van der Waals surface area contributed by atoms with Crippen molar-refractivity contribution in [1.82, 2.24) is 15.1 Å². The molecule has 0 aromatic rings. The topological polar surface area (TPSA) is 72.9 Å². The van der Waals surface area contributed by atoms with E-state index >= 15 is 0 Å². The molecule has 2 saturated heterocycles. The number of likely N-dealkylation sites (tertiary alicyclic amines) is 2. The molecular formula is C21H37N3O3. The second-order valence-corrected chi connectivity index (χ2v) is 8.73. The van der Waals surface area contributed by atoms with Crippen molar-refractivity contribution in [2.24, 2.45) is 5.92 Å². The fourth-order valence-electron chi connectivity index (χ4n) is 4.87. The molecule has 154 valence electrons. The highest BCUT2D eigenvalue weighted by Gasteiger charge is 2.41. The van der Waals surface area contributed by atoms with Crippen molar-refractivity contribution in [2.75, 3.05) is 39.3 Å². The molecular weight excluding hydrogens is 342 g/mol. The molecule has 0 unspecified atom stereocenters. The summed E-state index contributed by atoms with van der Waals surface area (Å²) in [5, 5.41) is 14.0. The summed E-state index contributed by atoms with van der Waals surface area (Å²) in [5.74, 6) is 0.801. The minimum absolute atomic E-state index is 0.122. The van der Waals surface area contributed by atoms with Gasteiger partial charge in [-0.1, -0.05) is 32.1 Å². The van der Waals surface area contributed by atoms with Gasteiger partial charge in [-0.05, 0) is 38.0 Å². The molecule has 3 aliphatic rings. The number of carbonyl (C=O) groups is 2. The maximum atomic E-state index is 12.8. The third-order valence-corrected chi connectivity index (χ3v) is 6.63. The molecule has 2 heterocycles. The van der Waals surface area contributed by atoms with Crippen molar-refractivity contribution in [3.63, 3.8) is 0 Å². The molecule has 0 bridgehead atoms. The van der Waals surface area contributed by atoms with E-state index in [4.69, 9.17) is 0 Å². The highest BCUT2D eigenvalue weighted by molar-refractivity contribution is 5.86. The van der Waals surface area contributed by atoms with E-state index in [9.17, 15) is 14.7 Å². The van der Waals surface area contributed by atoms with Gasteiger partial charge < -0.3 is 20.2 Å². The molecule has 1 atom stereocenters. The normalized spacial score (nSPS) is 27.4. The third-order valence-electron chi connectivity index (χ3n) is 6.63. The van der Waals surface area contributed by atoms with Crippen molar-refractivity contribution in [3.8, 4) is 0 Å². The van der Waals surface area contributed by atoms with Crippen molar-refractivity contribution in [2.45, 2.75) is 76.2 Å². The second kappa shape index (κ2) is 9.87. The molecule has 2 amide bonds. The van der Waals surface area contributed by atoms with Crippen molar-refractivity contribution in [3.05, 3.63) is 0 Å². The number of nitrogens with zero attached hydrogens (tertiary/aromatic N) is 2. The maximum Gasteiger partial charge on any atom is 0.255 e. The Hall–Kier alpha value is -1.14. The average molecular weight is 380 g/mol. The van der Waals surface area contributed by atoms with Crippen LogP contribution in [-0.4, -0.2) is 71.6 Å². The van der Waals surface area contributed by atoms with Gasteiger partial charge in [-0.15, -0.1) is 0 Å². The van der Waals surface area contributed by atoms with Gasteiger partial charge in [0.25, 0.3) is 5.91 Å². The van der Waals surface area contributed by atoms with Crippen LogP contribution in [0.2, 0.25) is 0 Å². The molecule has 1 saturated carbocycles. The van der Waals surface area contributed by atoms with E-state index < -0.39 is 5.60 Å². The molecule has 2 aliphatic heterocycles. The zero-order valence-corrected chi connectivity index (χ0v) is 16.8. The lowest BCUT2D eigenvalue weighted by molar-refractivity contribution is -0.156. The van der Waals surface area contributed by atoms with Gasteiger partial charge >= 0.3 is 0 Å². The maximum absolute atomic E-state index is 12.8. The molecule has 0 radical (unpaired) electrons. The van der Waals surface area contributed by atoms with Gasteiger partial charge in [0, 0.05) is 45.7 Å². The predicted molar refractivity (Wildman–Crippen MR) is 105 cm³/mol. The number of hydrogen-bond donors (Lipinski definition) is 2. The Morgan fingerprint density at radius 3 is 2.56 bits per heavy atom. The summed E-state index contributed by atoms with van der Waals surface area (Å²) in [6.07, 6.45) is 11.7. The molecule has 27 heavy (non-hydrogen) atoms. The summed E-state index contributed by atoms with van der Waals surface area (Å²) in [6, 6.07) is 0. The van der Waals surface area contributed by atoms with E-state index in [0.29, 0.717) is 19.4 Å². The van der Waals surface area contributed by atoms with E-state index in [1.165, 1.54) is 32.1 Å². The Morgan fingerprint density at radius 1 is 1.07 bits per heavy atom. The lowest BCUT2D eigenvalue weighted by atomic mass is 9.86. The van der Waals surface area contributed by atoms with Crippen molar-refractivity contribution < 1.29 is 14.7 Å². The van der Waals surface area contributed by atoms with Crippen LogP contribution in [0, 0.1) is 5.92 Å². The van der Waals surface area contributed by atoms with Gasteiger partial charge in [-0.2, -0.15) is 0 Å². The van der Waals surface area contributed by atoms with Gasteiger partial charge in [0.05, 0.1) is 0 Å². The van der Waals surface area contributed by atoms with Gasteiger partial charge in [-0.25, -0.2) is 0 Å². The van der Waals surface area contributed by atoms with Crippen molar-refractivity contribution >= 4 is 11.8 Å². The third kappa shape index (κ3) is 5.67. The molecule has 2 N–H and O–H groups in total. The number of amides is 2. The van der Waals surface area contributed by atoms with Crippen LogP contribution in [0.3, 0.4) is 0 Å². The van der Waals surface area contributed by atoms with Crippen LogP contribution < -0.4 is 5.32 Å². The molecule has 3 fully saturated rings. The predicted octanol–water partition coefficient (Wildman–Crippen LogP) is 1.91. The Kier molecular flexibility index (Phi) is 7.53. The largest absolute Gasteiger partial charge is 0.379 e. The Labute approximate surface area is 163 Å². The highest BCUT2D eigenvalue weighted by Crippen LogP contribution is 2.28. The number of hydrogen-bond acceptors (Lipinski definition) is 4. The number of carbonyl (C=O) groups excluding carboxylic acids is 2. The fraction of sp³-hybridized carbons (Fsp3) is 0.905. The minimum atomic E-state index is -1.30. The van der Waals surface area contributed by atoms with Crippen LogP contribution in [0.5, 0.6) is 0 Å². The van der Waals surface area contributed by atoms with Gasteiger partial charge in [0.15, 0.2) is 5.60 Å². The molecule has 0 spiro atoms. The summed E-state index contributed by atoms with van der Waals surface area (Å²) in [7, 11) is 0. The monoisotopic (exact) mass is 379 g/mol. The molecule has 6 heteroatoms. The van der Waals surface area contributed by atoms with Crippen molar-refractivity contribution in [1.29, 1.82) is 0 Å². The molecule has 3 rings (SSSR count). The molecule has 1 aliphatic carbocycles. The first kappa shape index (κ1) is 20.6. The lowest BCUT2D eigenvalue weighted by Gasteiger charge is -2.39. The minimum Gasteiger partial charge on any atom is -0.379 e. The highest BCUT2D eigenvalue weighted by atomic mass is 16.3. The number of nitrogens with one attached hydrogen (secondary N) is 1. The SMILES string of the molecule is O=C(CCNC[C@@]1(O)CCCN(CCC2CCCCC2)C1=O)N1CCCC1. The fourth-order valence-corrected chi connectivity index (χ4v) is 4.87. The standard InChI is InChI=1S/C21H37N3O3/c25-19(23-13-4-5-14-23)9-12-22-17-21(27)11-6-15-24(20(21)26)16-10-18-7-2-1-3-8-18/h18,22,27H,1-17H2/t21-/m0/s1. The summed E-state index contributed by atoms with van der Waals surface area (Å²) in [5.41, 5.74) is -1.30. The second-order valence-electron chi connectivity index (χ2n) is 8.73. The molecule has 0 aromatic heterocycles. The molecule has 6 nitrogen and oxygen atoms in total. The lowest BCUT2D eigenvalue weighted by Crippen LogP contribution is -2.58. The Bertz CT molecular complexity index is 501. The first-order chi connectivity index (χ1) is 13.1. The van der Waals surface area contributed by atoms with E-state index in [1.807, 2.05) is 9.80 Å². The van der Waals surface area contributed by atoms with E-state index in [1.54, 1.807) is 0 Å². The van der Waals surface area contributed by atoms with Crippen LogP contribution >= 0.6 is 0 Å². The zero-order chi connectivity index (χ0) is 19.1. The summed E-state index contributed by atoms with van der Waals surface area (Å²) in [6.45, 7) is 4.06. The van der Waals surface area contributed by atoms with Crippen LogP contribution in [0.4, 0.5) is 0 Å². The zero-order valence-electron chi connectivity index (χ0n) is 16.8. The first-order valence-electron chi connectivity index (χ1n) is 11.1. The van der Waals surface area contributed by atoms with E-state index in [-0.39, 0.29) is 18.4 Å². The Morgan fingerprint density at radius 2 is 1.81 bits per heavy atom. The Balaban J connectivity index is 1.39. The summed E-state index contributed by atoms with van der Waals surface area (Å²) < 4.78 is 0.